The van der Waals surface area contributed by atoms with E-state index in [0.29, 0.717) is 6.42 Å². The number of hydrogen-bond donors (Lipinski definition) is 0. The molecule has 0 saturated heterocycles. The van der Waals surface area contributed by atoms with Crippen LogP contribution in [0.3, 0.4) is 0 Å². The third kappa shape index (κ3) is 1.71. The Kier molecular flexibility index (Phi) is 2.69. The highest BCUT2D eigenvalue weighted by Crippen LogP contribution is 2.22. The number of rotatable bonds is 2. The first kappa shape index (κ1) is 9.73. The molecule has 1 aromatic heterocycles. The normalized spacial score (nSPS) is 10.1. The SMILES string of the molecule is C#CCc1cncc2cccc(CC)c12. The number of pyridine rings is 1. The van der Waals surface area contributed by atoms with Crippen molar-refractivity contribution >= 4 is 10.8 Å². The fourth-order valence-corrected chi connectivity index (χ4v) is 1.93. The van der Waals surface area contributed by atoms with Crippen LogP contribution >= 0.6 is 0 Å². The molecule has 0 saturated carbocycles. The maximum Gasteiger partial charge on any atom is 0.0359 e. The maximum atomic E-state index is 5.37. The smallest absolute Gasteiger partial charge is 0.0359 e. The predicted molar refractivity (Wildman–Crippen MR) is 63.7 cm³/mol. The molecular weight excluding hydrogens is 182 g/mol. The highest BCUT2D eigenvalue weighted by Gasteiger charge is 2.04. The second kappa shape index (κ2) is 4.14. The highest BCUT2D eigenvalue weighted by molar-refractivity contribution is 5.88. The number of hydrogen-bond acceptors (Lipinski definition) is 1. The van der Waals surface area contributed by atoms with Crippen LogP contribution in [0.15, 0.2) is 30.6 Å². The van der Waals surface area contributed by atoms with Crippen LogP contribution in [0.25, 0.3) is 10.8 Å². The molecule has 0 fully saturated rings. The van der Waals surface area contributed by atoms with E-state index in [1.807, 2.05) is 12.4 Å². The standard InChI is InChI=1S/C14H13N/c1-3-6-12-9-15-10-13-8-5-7-11(4-2)14(12)13/h1,5,7-10H,4,6H2,2H3. The Morgan fingerprint density at radius 2 is 2.13 bits per heavy atom. The van der Waals surface area contributed by atoms with Crippen molar-refractivity contribution in [3.05, 3.63) is 41.7 Å². The van der Waals surface area contributed by atoms with Crippen molar-refractivity contribution in [2.75, 3.05) is 0 Å². The minimum atomic E-state index is 0.654. The first-order valence-electron chi connectivity index (χ1n) is 5.14. The minimum absolute atomic E-state index is 0.654. The number of nitrogens with zero attached hydrogens (tertiary/aromatic N) is 1. The molecule has 0 radical (unpaired) electrons. The molecule has 0 bridgehead atoms. The molecule has 0 amide bonds. The van der Waals surface area contributed by atoms with Crippen molar-refractivity contribution in [2.24, 2.45) is 0 Å². The Morgan fingerprint density at radius 3 is 2.87 bits per heavy atom. The van der Waals surface area contributed by atoms with Crippen LogP contribution in [0.4, 0.5) is 0 Å². The van der Waals surface area contributed by atoms with Gasteiger partial charge in [-0.15, -0.1) is 12.3 Å². The molecule has 1 nitrogen and oxygen atoms in total. The van der Waals surface area contributed by atoms with E-state index in [9.17, 15) is 0 Å². The minimum Gasteiger partial charge on any atom is -0.264 e. The Morgan fingerprint density at radius 1 is 1.27 bits per heavy atom. The third-order valence-electron chi connectivity index (χ3n) is 2.62. The van der Waals surface area contributed by atoms with Crippen LogP contribution in [0.1, 0.15) is 18.1 Å². The van der Waals surface area contributed by atoms with Gasteiger partial charge in [0, 0.05) is 24.2 Å². The lowest BCUT2D eigenvalue weighted by Crippen LogP contribution is -1.91. The Labute approximate surface area is 90.2 Å². The molecule has 74 valence electrons. The van der Waals surface area contributed by atoms with Crippen LogP contribution in [-0.2, 0) is 12.8 Å². The van der Waals surface area contributed by atoms with E-state index >= 15 is 0 Å². The third-order valence-corrected chi connectivity index (χ3v) is 2.62. The number of terminal acetylenes is 1. The topological polar surface area (TPSA) is 12.9 Å². The summed E-state index contributed by atoms with van der Waals surface area (Å²) in [6.07, 6.45) is 10.8. The fourth-order valence-electron chi connectivity index (χ4n) is 1.93. The van der Waals surface area contributed by atoms with Crippen LogP contribution < -0.4 is 0 Å². The number of fused-ring (bicyclic) bond motifs is 1. The molecule has 0 N–H and O–H groups in total. The van der Waals surface area contributed by atoms with Gasteiger partial charge in [-0.3, -0.25) is 4.98 Å². The first-order chi connectivity index (χ1) is 7.36. The van der Waals surface area contributed by atoms with Gasteiger partial charge >= 0.3 is 0 Å². The molecule has 2 aromatic rings. The van der Waals surface area contributed by atoms with Gasteiger partial charge in [-0.05, 0) is 22.9 Å². The van der Waals surface area contributed by atoms with Crippen LogP contribution in [0.2, 0.25) is 0 Å². The van der Waals surface area contributed by atoms with E-state index in [1.54, 1.807) is 0 Å². The molecule has 15 heavy (non-hydrogen) atoms. The summed E-state index contributed by atoms with van der Waals surface area (Å²) in [6.45, 7) is 2.16. The summed E-state index contributed by atoms with van der Waals surface area (Å²) in [6, 6.07) is 6.31. The van der Waals surface area contributed by atoms with Crippen LogP contribution in [0.5, 0.6) is 0 Å². The molecule has 2 rings (SSSR count). The van der Waals surface area contributed by atoms with Gasteiger partial charge in [0.05, 0.1) is 0 Å². The fraction of sp³-hybridized carbons (Fsp3) is 0.214. The Hall–Kier alpha value is -1.81. The Bertz CT molecular complexity index is 515. The van der Waals surface area contributed by atoms with E-state index in [0.717, 1.165) is 12.0 Å². The van der Waals surface area contributed by atoms with Crippen molar-refractivity contribution in [1.29, 1.82) is 0 Å². The van der Waals surface area contributed by atoms with Gasteiger partial charge in [-0.1, -0.05) is 25.1 Å². The van der Waals surface area contributed by atoms with Gasteiger partial charge in [0.15, 0.2) is 0 Å². The molecule has 0 atom stereocenters. The summed E-state index contributed by atoms with van der Waals surface area (Å²) < 4.78 is 0. The summed E-state index contributed by atoms with van der Waals surface area (Å²) in [4.78, 5) is 4.21. The van der Waals surface area contributed by atoms with Gasteiger partial charge in [0.2, 0.25) is 0 Å². The lowest BCUT2D eigenvalue weighted by Gasteiger charge is -2.07. The first-order valence-corrected chi connectivity index (χ1v) is 5.14. The average Bonchev–Trinajstić information content (AvgIpc) is 2.29. The zero-order chi connectivity index (χ0) is 10.7. The van der Waals surface area contributed by atoms with Gasteiger partial charge in [0.25, 0.3) is 0 Å². The quantitative estimate of drug-likeness (QED) is 0.671. The van der Waals surface area contributed by atoms with E-state index in [4.69, 9.17) is 6.42 Å². The molecule has 0 aliphatic heterocycles. The molecule has 0 aliphatic carbocycles. The highest BCUT2D eigenvalue weighted by atomic mass is 14.6. The van der Waals surface area contributed by atoms with E-state index in [2.05, 4.69) is 36.0 Å². The number of aryl methyl sites for hydroxylation is 1. The van der Waals surface area contributed by atoms with Crippen molar-refractivity contribution in [2.45, 2.75) is 19.8 Å². The van der Waals surface area contributed by atoms with Crippen LogP contribution in [0, 0.1) is 12.3 Å². The summed E-state index contributed by atoms with van der Waals surface area (Å²) in [5.74, 6) is 2.69. The van der Waals surface area contributed by atoms with Gasteiger partial charge in [0.1, 0.15) is 0 Å². The zero-order valence-corrected chi connectivity index (χ0v) is 8.83. The molecule has 1 heterocycles. The van der Waals surface area contributed by atoms with Crippen molar-refractivity contribution in [1.82, 2.24) is 4.98 Å². The summed E-state index contributed by atoms with van der Waals surface area (Å²) in [5.41, 5.74) is 2.51. The molecule has 1 aromatic carbocycles. The number of aromatic nitrogens is 1. The Balaban J connectivity index is 2.76. The van der Waals surface area contributed by atoms with Crippen molar-refractivity contribution in [3.8, 4) is 12.3 Å². The molecular formula is C14H13N. The number of benzene rings is 1. The van der Waals surface area contributed by atoms with Gasteiger partial charge in [-0.25, -0.2) is 0 Å². The molecule has 0 unspecified atom stereocenters. The van der Waals surface area contributed by atoms with Crippen LogP contribution in [-0.4, -0.2) is 4.98 Å². The predicted octanol–water partition coefficient (Wildman–Crippen LogP) is 2.97. The average molecular weight is 195 g/mol. The summed E-state index contributed by atoms with van der Waals surface area (Å²) >= 11 is 0. The molecule has 0 spiro atoms. The molecule has 1 heteroatoms. The van der Waals surface area contributed by atoms with Gasteiger partial charge < -0.3 is 0 Å². The van der Waals surface area contributed by atoms with E-state index in [-0.39, 0.29) is 0 Å². The largest absolute Gasteiger partial charge is 0.264 e. The maximum absolute atomic E-state index is 5.37. The van der Waals surface area contributed by atoms with E-state index in [1.165, 1.54) is 16.3 Å². The lowest BCUT2D eigenvalue weighted by molar-refractivity contribution is 1.14. The van der Waals surface area contributed by atoms with E-state index < -0.39 is 0 Å². The molecule has 0 aliphatic rings. The lowest BCUT2D eigenvalue weighted by atomic mass is 9.99. The second-order valence-corrected chi connectivity index (χ2v) is 3.55. The van der Waals surface area contributed by atoms with Crippen molar-refractivity contribution < 1.29 is 0 Å². The zero-order valence-electron chi connectivity index (χ0n) is 8.83. The van der Waals surface area contributed by atoms with Crippen molar-refractivity contribution in [3.63, 3.8) is 0 Å². The monoisotopic (exact) mass is 195 g/mol. The summed E-state index contributed by atoms with van der Waals surface area (Å²) in [7, 11) is 0. The van der Waals surface area contributed by atoms with Gasteiger partial charge in [-0.2, -0.15) is 0 Å². The summed E-state index contributed by atoms with van der Waals surface area (Å²) in [5, 5.41) is 2.47. The second-order valence-electron chi connectivity index (χ2n) is 3.55.